The molecule has 0 bridgehead atoms. The van der Waals surface area contributed by atoms with Gasteiger partial charge in [-0.2, -0.15) is 5.10 Å². The third-order valence-corrected chi connectivity index (χ3v) is 4.15. The van der Waals surface area contributed by atoms with Gasteiger partial charge in [0, 0.05) is 13.6 Å². The summed E-state index contributed by atoms with van der Waals surface area (Å²) < 4.78 is 14.5. The van der Waals surface area contributed by atoms with Gasteiger partial charge in [0.05, 0.1) is 27.3 Å². The second kappa shape index (κ2) is 6.15. The number of methoxy groups -OCH3 is 1. The van der Waals surface area contributed by atoms with E-state index in [9.17, 15) is 0 Å². The molecule has 0 fully saturated rings. The average Bonchev–Trinajstić information content (AvgIpc) is 2.67. The molecule has 7 heteroatoms. The minimum atomic E-state index is 0.379. The van der Waals surface area contributed by atoms with E-state index in [0.29, 0.717) is 18.2 Å². The van der Waals surface area contributed by atoms with Gasteiger partial charge in [-0.3, -0.25) is 0 Å². The van der Waals surface area contributed by atoms with E-state index >= 15 is 0 Å². The molecule has 0 amide bonds. The summed E-state index contributed by atoms with van der Waals surface area (Å²) in [6.45, 7) is 2.29. The van der Waals surface area contributed by atoms with Gasteiger partial charge in [-0.05, 0) is 50.9 Å². The molecule has 2 aromatic rings. The predicted octanol–water partition coefficient (Wildman–Crippen LogP) is 3.51. The lowest BCUT2D eigenvalue weighted by molar-refractivity contribution is 0.404. The Kier molecular flexibility index (Phi) is 4.72. The van der Waals surface area contributed by atoms with Crippen LogP contribution in [0.25, 0.3) is 0 Å². The van der Waals surface area contributed by atoms with Crippen molar-refractivity contribution in [3.8, 4) is 17.4 Å². The zero-order valence-electron chi connectivity index (χ0n) is 11.4. The number of ether oxygens (including phenoxy) is 2. The first kappa shape index (κ1) is 15.3. The number of halogens is 2. The van der Waals surface area contributed by atoms with Crippen LogP contribution in [0.4, 0.5) is 0 Å². The molecule has 2 rings (SSSR count). The molecule has 108 valence electrons. The fourth-order valence-electron chi connectivity index (χ4n) is 1.89. The van der Waals surface area contributed by atoms with Gasteiger partial charge in [-0.1, -0.05) is 0 Å². The van der Waals surface area contributed by atoms with Gasteiger partial charge in [0.2, 0.25) is 5.88 Å². The monoisotopic (exact) mass is 403 g/mol. The minimum absolute atomic E-state index is 0.379. The van der Waals surface area contributed by atoms with Crippen LogP contribution in [-0.2, 0) is 13.6 Å². The Hall–Kier alpha value is -1.05. The Balaban J connectivity index is 2.43. The molecule has 0 aliphatic heterocycles. The van der Waals surface area contributed by atoms with E-state index in [1.807, 2.05) is 26.1 Å². The van der Waals surface area contributed by atoms with Crippen molar-refractivity contribution in [1.29, 1.82) is 0 Å². The number of aromatic nitrogens is 2. The lowest BCUT2D eigenvalue weighted by Gasteiger charge is -2.12. The fraction of sp³-hybridized carbons (Fsp3) is 0.308. The molecule has 2 N–H and O–H groups in total. The van der Waals surface area contributed by atoms with Crippen LogP contribution in [0.2, 0.25) is 0 Å². The molecule has 5 nitrogen and oxygen atoms in total. The third kappa shape index (κ3) is 2.84. The fourth-order valence-corrected chi connectivity index (χ4v) is 2.78. The van der Waals surface area contributed by atoms with E-state index in [2.05, 4.69) is 37.0 Å². The van der Waals surface area contributed by atoms with Crippen LogP contribution in [-0.4, -0.2) is 16.9 Å². The van der Waals surface area contributed by atoms with Gasteiger partial charge >= 0.3 is 0 Å². The molecule has 1 heterocycles. The molecule has 1 aromatic heterocycles. The summed E-state index contributed by atoms with van der Waals surface area (Å²) in [6.07, 6.45) is 0. The van der Waals surface area contributed by atoms with Crippen LogP contribution < -0.4 is 15.2 Å². The smallest absolute Gasteiger partial charge is 0.222 e. The molecule has 0 aliphatic rings. The molecular weight excluding hydrogens is 390 g/mol. The highest BCUT2D eigenvalue weighted by Crippen LogP contribution is 2.39. The Labute approximate surface area is 134 Å². The number of rotatable bonds is 4. The minimum Gasteiger partial charge on any atom is -0.496 e. The maximum absolute atomic E-state index is 5.95. The first-order chi connectivity index (χ1) is 9.47. The maximum atomic E-state index is 5.95. The Morgan fingerprint density at radius 2 is 1.85 bits per heavy atom. The number of hydrogen-bond donors (Lipinski definition) is 1. The summed E-state index contributed by atoms with van der Waals surface area (Å²) in [5.41, 5.74) is 7.52. The van der Waals surface area contributed by atoms with Crippen molar-refractivity contribution in [1.82, 2.24) is 9.78 Å². The van der Waals surface area contributed by atoms with Gasteiger partial charge in [-0.25, -0.2) is 4.68 Å². The van der Waals surface area contributed by atoms with E-state index in [0.717, 1.165) is 26.0 Å². The van der Waals surface area contributed by atoms with Gasteiger partial charge in [0.15, 0.2) is 0 Å². The molecule has 20 heavy (non-hydrogen) atoms. The highest BCUT2D eigenvalue weighted by atomic mass is 79.9. The van der Waals surface area contributed by atoms with E-state index < -0.39 is 0 Å². The van der Waals surface area contributed by atoms with Crippen LogP contribution in [0.1, 0.15) is 11.3 Å². The summed E-state index contributed by atoms with van der Waals surface area (Å²) in [5, 5.41) is 4.32. The van der Waals surface area contributed by atoms with Crippen LogP contribution >= 0.6 is 31.9 Å². The average molecular weight is 405 g/mol. The molecular formula is C13H15Br2N3O2. The Morgan fingerprint density at radius 3 is 2.45 bits per heavy atom. The van der Waals surface area contributed by atoms with Crippen molar-refractivity contribution >= 4 is 31.9 Å². The Morgan fingerprint density at radius 1 is 1.25 bits per heavy atom. The highest BCUT2D eigenvalue weighted by Gasteiger charge is 2.16. The quantitative estimate of drug-likeness (QED) is 0.846. The van der Waals surface area contributed by atoms with Gasteiger partial charge in [-0.15, -0.1) is 0 Å². The van der Waals surface area contributed by atoms with E-state index in [4.69, 9.17) is 15.2 Å². The molecule has 0 saturated carbocycles. The van der Waals surface area contributed by atoms with Crippen molar-refractivity contribution in [3.63, 3.8) is 0 Å². The number of nitrogens with zero attached hydrogens (tertiary/aromatic N) is 2. The first-order valence-corrected chi connectivity index (χ1v) is 7.50. The number of hydrogen-bond acceptors (Lipinski definition) is 4. The van der Waals surface area contributed by atoms with E-state index in [1.54, 1.807) is 11.8 Å². The molecule has 0 aliphatic carbocycles. The van der Waals surface area contributed by atoms with Gasteiger partial charge < -0.3 is 15.2 Å². The first-order valence-electron chi connectivity index (χ1n) is 5.91. The predicted molar refractivity (Wildman–Crippen MR) is 84.3 cm³/mol. The van der Waals surface area contributed by atoms with E-state index in [1.165, 1.54) is 0 Å². The summed E-state index contributed by atoms with van der Waals surface area (Å²) in [5.74, 6) is 2.03. The zero-order valence-corrected chi connectivity index (χ0v) is 14.6. The maximum Gasteiger partial charge on any atom is 0.222 e. The summed E-state index contributed by atoms with van der Waals surface area (Å²) in [6, 6.07) is 3.68. The van der Waals surface area contributed by atoms with Crippen molar-refractivity contribution < 1.29 is 9.47 Å². The molecule has 0 atom stereocenters. The van der Waals surface area contributed by atoms with Crippen molar-refractivity contribution in [3.05, 3.63) is 32.3 Å². The molecule has 0 radical (unpaired) electrons. The van der Waals surface area contributed by atoms with Crippen LogP contribution in [0.5, 0.6) is 17.4 Å². The van der Waals surface area contributed by atoms with Crippen molar-refractivity contribution in [2.75, 3.05) is 7.11 Å². The van der Waals surface area contributed by atoms with E-state index in [-0.39, 0.29) is 0 Å². The standard InChI is InChI=1S/C13H15Br2N3O2/c1-7-8(6-16)13(18(2)17-7)20-12-5-9(14)11(19-3)4-10(12)15/h4-5H,6,16H2,1-3H3. The van der Waals surface area contributed by atoms with Crippen LogP contribution in [0.15, 0.2) is 21.1 Å². The van der Waals surface area contributed by atoms with Crippen molar-refractivity contribution in [2.45, 2.75) is 13.5 Å². The van der Waals surface area contributed by atoms with Crippen molar-refractivity contribution in [2.24, 2.45) is 12.8 Å². The highest BCUT2D eigenvalue weighted by molar-refractivity contribution is 9.11. The second-order valence-electron chi connectivity index (χ2n) is 4.22. The lowest BCUT2D eigenvalue weighted by Crippen LogP contribution is -2.01. The second-order valence-corrected chi connectivity index (χ2v) is 5.92. The molecule has 0 spiro atoms. The van der Waals surface area contributed by atoms with Gasteiger partial charge in [0.25, 0.3) is 0 Å². The SMILES string of the molecule is COc1cc(Br)c(Oc2c(CN)c(C)nn2C)cc1Br. The number of nitrogens with two attached hydrogens (primary N) is 1. The molecule has 0 saturated heterocycles. The summed E-state index contributed by atoms with van der Waals surface area (Å²) in [4.78, 5) is 0. The summed E-state index contributed by atoms with van der Waals surface area (Å²) in [7, 11) is 3.44. The normalized spacial score (nSPS) is 10.7. The lowest BCUT2D eigenvalue weighted by atomic mass is 10.2. The third-order valence-electron chi connectivity index (χ3n) is 2.91. The van der Waals surface area contributed by atoms with Crippen LogP contribution in [0, 0.1) is 6.92 Å². The van der Waals surface area contributed by atoms with Crippen LogP contribution in [0.3, 0.4) is 0 Å². The zero-order chi connectivity index (χ0) is 14.9. The topological polar surface area (TPSA) is 62.3 Å². The summed E-state index contributed by atoms with van der Waals surface area (Å²) >= 11 is 6.91. The largest absolute Gasteiger partial charge is 0.496 e. The molecule has 0 unspecified atom stereocenters. The Bertz CT molecular complexity index is 641. The van der Waals surface area contributed by atoms with Gasteiger partial charge in [0.1, 0.15) is 11.5 Å². The number of aryl methyl sites for hydroxylation is 2. The molecule has 1 aromatic carbocycles. The number of benzene rings is 1.